The van der Waals surface area contributed by atoms with Crippen LogP contribution in [0.5, 0.6) is 5.75 Å². The van der Waals surface area contributed by atoms with Crippen molar-refractivity contribution in [1.29, 1.82) is 0 Å². The largest absolute Gasteiger partial charge is 0.497 e. The van der Waals surface area contributed by atoms with Crippen molar-refractivity contribution in [2.75, 3.05) is 20.2 Å². The summed E-state index contributed by atoms with van der Waals surface area (Å²) < 4.78 is 29.8. The van der Waals surface area contributed by atoms with Crippen LogP contribution in [0.25, 0.3) is 0 Å². The third kappa shape index (κ3) is 5.36. The van der Waals surface area contributed by atoms with E-state index in [1.807, 2.05) is 0 Å². The van der Waals surface area contributed by atoms with Crippen molar-refractivity contribution in [3.05, 3.63) is 58.6 Å². The molecule has 0 aliphatic heterocycles. The molecule has 0 saturated heterocycles. The summed E-state index contributed by atoms with van der Waals surface area (Å²) in [5.41, 5.74) is 0.454. The van der Waals surface area contributed by atoms with Crippen molar-refractivity contribution in [2.24, 2.45) is 0 Å². The minimum absolute atomic E-state index is 0.0636. The molecule has 0 aliphatic rings. The number of halogens is 1. The number of hydrogen-bond donors (Lipinski definition) is 2. The number of carbonyl (C=O) groups is 2. The molecular formula is C20H23BrN2O5S. The van der Waals surface area contributed by atoms with Crippen LogP contribution in [-0.2, 0) is 14.6 Å². The Hall–Kier alpha value is -2.39. The van der Waals surface area contributed by atoms with Gasteiger partial charge in [0.2, 0.25) is 5.91 Å². The number of carbonyl (C=O) groups excluding carboxylic acids is 2. The Morgan fingerprint density at radius 1 is 0.966 bits per heavy atom. The van der Waals surface area contributed by atoms with E-state index in [2.05, 4.69) is 26.6 Å². The van der Waals surface area contributed by atoms with Gasteiger partial charge in [-0.05, 0) is 62.4 Å². The molecule has 2 rings (SSSR count). The van der Waals surface area contributed by atoms with E-state index < -0.39 is 20.5 Å². The average molecular weight is 483 g/mol. The van der Waals surface area contributed by atoms with Gasteiger partial charge in [0, 0.05) is 23.1 Å². The molecule has 7 nitrogen and oxygen atoms in total. The van der Waals surface area contributed by atoms with E-state index in [1.165, 1.54) is 33.1 Å². The maximum atomic E-state index is 12.8. The molecule has 2 N–H and O–H groups in total. The molecule has 156 valence electrons. The van der Waals surface area contributed by atoms with E-state index in [0.29, 0.717) is 11.3 Å². The Morgan fingerprint density at radius 2 is 1.52 bits per heavy atom. The molecule has 9 heteroatoms. The predicted molar refractivity (Wildman–Crippen MR) is 114 cm³/mol. The normalized spacial score (nSPS) is 11.6. The van der Waals surface area contributed by atoms with Gasteiger partial charge in [-0.2, -0.15) is 0 Å². The topological polar surface area (TPSA) is 102 Å². The molecule has 0 saturated carbocycles. The van der Waals surface area contributed by atoms with Gasteiger partial charge in [0.15, 0.2) is 9.84 Å². The Balaban J connectivity index is 1.91. The quantitative estimate of drug-likeness (QED) is 0.562. The fourth-order valence-electron chi connectivity index (χ4n) is 2.44. The first kappa shape index (κ1) is 22.9. The van der Waals surface area contributed by atoms with Crippen LogP contribution in [0, 0.1) is 0 Å². The Kier molecular flexibility index (Phi) is 7.43. The molecule has 2 amide bonds. The summed E-state index contributed by atoms with van der Waals surface area (Å²) in [6.07, 6.45) is 0. The second-order valence-electron chi connectivity index (χ2n) is 6.71. The lowest BCUT2D eigenvalue weighted by Crippen LogP contribution is -2.49. The summed E-state index contributed by atoms with van der Waals surface area (Å²) in [6.45, 7) is 2.97. The molecule has 29 heavy (non-hydrogen) atoms. The Bertz CT molecular complexity index is 971. The highest BCUT2D eigenvalue weighted by molar-refractivity contribution is 9.10. The van der Waals surface area contributed by atoms with Gasteiger partial charge in [-0.15, -0.1) is 0 Å². The van der Waals surface area contributed by atoms with Crippen LogP contribution in [0.3, 0.4) is 0 Å². The summed E-state index contributed by atoms with van der Waals surface area (Å²) in [6, 6.07) is 12.7. The number of ether oxygens (including phenoxy) is 1. The Labute approximate surface area is 178 Å². The van der Waals surface area contributed by atoms with Crippen molar-refractivity contribution in [1.82, 2.24) is 10.6 Å². The minimum Gasteiger partial charge on any atom is -0.497 e. The molecule has 0 fully saturated rings. The molecule has 0 atom stereocenters. The van der Waals surface area contributed by atoms with Crippen molar-refractivity contribution in [3.8, 4) is 5.75 Å². The molecular weight excluding hydrogens is 460 g/mol. The monoisotopic (exact) mass is 482 g/mol. The summed E-state index contributed by atoms with van der Waals surface area (Å²) >= 11 is 3.25. The van der Waals surface area contributed by atoms with Gasteiger partial charge >= 0.3 is 0 Å². The van der Waals surface area contributed by atoms with Crippen LogP contribution in [0.1, 0.15) is 24.2 Å². The average Bonchev–Trinajstić information content (AvgIpc) is 2.71. The zero-order valence-electron chi connectivity index (χ0n) is 16.4. The van der Waals surface area contributed by atoms with Gasteiger partial charge < -0.3 is 15.4 Å². The van der Waals surface area contributed by atoms with Crippen LogP contribution in [-0.4, -0.2) is 45.2 Å². The van der Waals surface area contributed by atoms with E-state index >= 15 is 0 Å². The summed E-state index contributed by atoms with van der Waals surface area (Å²) in [5, 5.41) is 5.24. The number of amides is 2. The fourth-order valence-corrected chi connectivity index (χ4v) is 4.10. The van der Waals surface area contributed by atoms with Crippen LogP contribution in [0.15, 0.2) is 57.9 Å². The molecule has 0 radical (unpaired) electrons. The standard InChI is InChI=1S/C20H23BrN2O5S/c1-20(2,29(26,27)17-10-6-15(21)7-11-17)19(25)23-13-12-22-18(24)14-4-8-16(28-3)9-5-14/h4-11H,12-13H2,1-3H3,(H,22,24)(H,23,25). The summed E-state index contributed by atoms with van der Waals surface area (Å²) in [4.78, 5) is 24.7. The van der Waals surface area contributed by atoms with Crippen LogP contribution in [0.4, 0.5) is 0 Å². The molecule has 0 aromatic heterocycles. The minimum atomic E-state index is -3.89. The number of rotatable bonds is 8. The van der Waals surface area contributed by atoms with Crippen molar-refractivity contribution in [2.45, 2.75) is 23.5 Å². The highest BCUT2D eigenvalue weighted by atomic mass is 79.9. The number of sulfone groups is 1. The first-order valence-electron chi connectivity index (χ1n) is 8.80. The number of methoxy groups -OCH3 is 1. The third-order valence-electron chi connectivity index (χ3n) is 4.39. The maximum Gasteiger partial charge on any atom is 0.251 e. The van der Waals surface area contributed by atoms with E-state index in [1.54, 1.807) is 36.4 Å². The Morgan fingerprint density at radius 3 is 2.07 bits per heavy atom. The van der Waals surface area contributed by atoms with E-state index in [4.69, 9.17) is 4.74 Å². The lowest BCUT2D eigenvalue weighted by molar-refractivity contribution is -0.122. The molecule has 0 heterocycles. The van der Waals surface area contributed by atoms with Gasteiger partial charge in [-0.1, -0.05) is 15.9 Å². The number of hydrogen-bond acceptors (Lipinski definition) is 5. The fraction of sp³-hybridized carbons (Fsp3) is 0.300. The number of nitrogens with one attached hydrogen (secondary N) is 2. The SMILES string of the molecule is COc1ccc(C(=O)NCCNC(=O)C(C)(C)S(=O)(=O)c2ccc(Br)cc2)cc1. The van der Waals surface area contributed by atoms with Crippen LogP contribution in [0.2, 0.25) is 0 Å². The van der Waals surface area contributed by atoms with Crippen molar-refractivity contribution < 1.29 is 22.7 Å². The van der Waals surface area contributed by atoms with Gasteiger partial charge in [0.05, 0.1) is 12.0 Å². The van der Waals surface area contributed by atoms with E-state index in [-0.39, 0.29) is 23.9 Å². The first-order valence-corrected chi connectivity index (χ1v) is 11.1. The molecule has 2 aromatic carbocycles. The van der Waals surface area contributed by atoms with Crippen LogP contribution < -0.4 is 15.4 Å². The molecule has 0 aliphatic carbocycles. The summed E-state index contributed by atoms with van der Waals surface area (Å²) in [7, 11) is -2.35. The number of benzene rings is 2. The van der Waals surface area contributed by atoms with Gasteiger partial charge in [-0.3, -0.25) is 9.59 Å². The van der Waals surface area contributed by atoms with Crippen LogP contribution >= 0.6 is 15.9 Å². The van der Waals surface area contributed by atoms with Gasteiger partial charge in [0.25, 0.3) is 5.91 Å². The second-order valence-corrected chi connectivity index (χ2v) is 10.1. The van der Waals surface area contributed by atoms with E-state index in [0.717, 1.165) is 4.47 Å². The van der Waals surface area contributed by atoms with Gasteiger partial charge in [0.1, 0.15) is 10.5 Å². The molecule has 0 bridgehead atoms. The predicted octanol–water partition coefficient (Wildman–Crippen LogP) is 2.56. The molecule has 2 aromatic rings. The molecule has 0 spiro atoms. The zero-order valence-corrected chi connectivity index (χ0v) is 18.8. The highest BCUT2D eigenvalue weighted by Gasteiger charge is 2.42. The van der Waals surface area contributed by atoms with Gasteiger partial charge in [-0.25, -0.2) is 8.42 Å². The second kappa shape index (κ2) is 9.41. The first-order chi connectivity index (χ1) is 13.6. The maximum absolute atomic E-state index is 12.8. The highest BCUT2D eigenvalue weighted by Crippen LogP contribution is 2.26. The third-order valence-corrected chi connectivity index (χ3v) is 7.34. The van der Waals surface area contributed by atoms with Crippen molar-refractivity contribution >= 4 is 37.6 Å². The lowest BCUT2D eigenvalue weighted by Gasteiger charge is -2.24. The van der Waals surface area contributed by atoms with Crippen molar-refractivity contribution in [3.63, 3.8) is 0 Å². The smallest absolute Gasteiger partial charge is 0.251 e. The van der Waals surface area contributed by atoms with E-state index in [9.17, 15) is 18.0 Å². The summed E-state index contributed by atoms with van der Waals surface area (Å²) in [5.74, 6) is -0.300. The molecule has 0 unspecified atom stereocenters. The zero-order chi connectivity index (χ0) is 21.7. The lowest BCUT2D eigenvalue weighted by atomic mass is 10.2.